The Hall–Kier alpha value is -0.970. The van der Waals surface area contributed by atoms with E-state index < -0.39 is 0 Å². The lowest BCUT2D eigenvalue weighted by atomic mass is 9.86. The van der Waals surface area contributed by atoms with E-state index in [-0.39, 0.29) is 23.9 Å². The van der Waals surface area contributed by atoms with Gasteiger partial charge in [0.2, 0.25) is 0 Å². The molecule has 1 aliphatic heterocycles. The van der Waals surface area contributed by atoms with E-state index in [0.717, 1.165) is 24.2 Å². The van der Waals surface area contributed by atoms with Crippen LogP contribution < -0.4 is 11.3 Å². The first-order chi connectivity index (χ1) is 8.54. The Morgan fingerprint density at radius 1 is 1.44 bits per heavy atom. The zero-order valence-electron chi connectivity index (χ0n) is 11.2. The monoisotopic (exact) mass is 252 g/mol. The summed E-state index contributed by atoms with van der Waals surface area (Å²) in [6, 6.07) is 3.36. The molecule has 1 aromatic carbocycles. The van der Waals surface area contributed by atoms with Gasteiger partial charge < -0.3 is 4.74 Å². The Bertz CT molecular complexity index is 413. The molecular formula is C14H21FN2O. The van der Waals surface area contributed by atoms with Gasteiger partial charge in [-0.3, -0.25) is 11.3 Å². The van der Waals surface area contributed by atoms with Crippen LogP contribution in [0.2, 0.25) is 0 Å². The molecule has 0 aromatic heterocycles. The van der Waals surface area contributed by atoms with Crippen LogP contribution in [0.25, 0.3) is 0 Å². The van der Waals surface area contributed by atoms with Crippen molar-refractivity contribution in [3.8, 4) is 0 Å². The molecule has 1 fully saturated rings. The summed E-state index contributed by atoms with van der Waals surface area (Å²) in [7, 11) is 0. The molecule has 18 heavy (non-hydrogen) atoms. The zero-order chi connectivity index (χ0) is 13.3. The summed E-state index contributed by atoms with van der Waals surface area (Å²) in [5.41, 5.74) is 5.31. The Kier molecular flexibility index (Phi) is 4.00. The SMILES string of the molecule is Cc1cc(C)c(C(NN)C2CCOC2C)c(F)c1. The van der Waals surface area contributed by atoms with Crippen LogP contribution in [0.3, 0.4) is 0 Å². The summed E-state index contributed by atoms with van der Waals surface area (Å²) in [6.07, 6.45) is 1.01. The van der Waals surface area contributed by atoms with Gasteiger partial charge in [0.15, 0.2) is 0 Å². The Morgan fingerprint density at radius 2 is 2.17 bits per heavy atom. The van der Waals surface area contributed by atoms with Crippen molar-refractivity contribution in [2.45, 2.75) is 39.3 Å². The lowest BCUT2D eigenvalue weighted by Gasteiger charge is -2.27. The minimum atomic E-state index is -0.192. The van der Waals surface area contributed by atoms with Gasteiger partial charge in [0.25, 0.3) is 0 Å². The van der Waals surface area contributed by atoms with Crippen LogP contribution >= 0.6 is 0 Å². The number of hydrazine groups is 1. The maximum atomic E-state index is 14.2. The quantitative estimate of drug-likeness (QED) is 0.641. The maximum absolute atomic E-state index is 14.2. The second kappa shape index (κ2) is 5.34. The third kappa shape index (κ3) is 2.41. The van der Waals surface area contributed by atoms with Crippen LogP contribution in [-0.4, -0.2) is 12.7 Å². The van der Waals surface area contributed by atoms with Crippen LogP contribution in [0.1, 0.15) is 36.1 Å². The van der Waals surface area contributed by atoms with Crippen molar-refractivity contribution in [1.82, 2.24) is 5.43 Å². The number of rotatable bonds is 3. The van der Waals surface area contributed by atoms with Gasteiger partial charge in [-0.2, -0.15) is 0 Å². The zero-order valence-corrected chi connectivity index (χ0v) is 11.2. The highest BCUT2D eigenvalue weighted by Gasteiger charge is 2.34. The Morgan fingerprint density at radius 3 is 2.67 bits per heavy atom. The molecule has 0 amide bonds. The Balaban J connectivity index is 2.38. The molecule has 0 bridgehead atoms. The molecule has 3 atom stereocenters. The summed E-state index contributed by atoms with van der Waals surface area (Å²) < 4.78 is 19.7. The van der Waals surface area contributed by atoms with Crippen LogP contribution in [0.5, 0.6) is 0 Å². The largest absolute Gasteiger partial charge is 0.378 e. The standard InChI is InChI=1S/C14H21FN2O/c1-8-6-9(2)13(12(15)7-8)14(17-16)11-4-5-18-10(11)3/h6-7,10-11,14,17H,4-5,16H2,1-3H3. The average Bonchev–Trinajstić information content (AvgIpc) is 2.69. The highest BCUT2D eigenvalue weighted by Crippen LogP contribution is 2.35. The molecular weight excluding hydrogens is 231 g/mol. The summed E-state index contributed by atoms with van der Waals surface area (Å²) in [5, 5.41) is 0. The molecule has 3 N–H and O–H groups in total. The van der Waals surface area contributed by atoms with Gasteiger partial charge in [-0.1, -0.05) is 6.07 Å². The third-order valence-electron chi connectivity index (χ3n) is 3.83. The van der Waals surface area contributed by atoms with Crippen LogP contribution in [0.15, 0.2) is 12.1 Å². The fourth-order valence-electron chi connectivity index (χ4n) is 2.93. The van der Waals surface area contributed by atoms with E-state index in [9.17, 15) is 4.39 Å². The predicted molar refractivity (Wildman–Crippen MR) is 69.5 cm³/mol. The predicted octanol–water partition coefficient (Wildman–Crippen LogP) is 2.37. The summed E-state index contributed by atoms with van der Waals surface area (Å²) in [6.45, 7) is 6.56. The van der Waals surface area contributed by atoms with E-state index >= 15 is 0 Å². The van der Waals surface area contributed by atoms with Gasteiger partial charge >= 0.3 is 0 Å². The lowest BCUT2D eigenvalue weighted by Crippen LogP contribution is -2.37. The fraction of sp³-hybridized carbons (Fsp3) is 0.571. The van der Waals surface area contributed by atoms with Crippen LogP contribution in [0.4, 0.5) is 4.39 Å². The lowest BCUT2D eigenvalue weighted by molar-refractivity contribution is 0.0949. The first-order valence-electron chi connectivity index (χ1n) is 6.39. The molecule has 0 saturated carbocycles. The van der Waals surface area contributed by atoms with Crippen LogP contribution in [0, 0.1) is 25.6 Å². The van der Waals surface area contributed by atoms with E-state index in [4.69, 9.17) is 10.6 Å². The molecule has 1 heterocycles. The number of halogens is 1. The summed E-state index contributed by atoms with van der Waals surface area (Å²) in [4.78, 5) is 0. The number of aryl methyl sites for hydroxylation is 2. The molecule has 1 saturated heterocycles. The normalized spacial score (nSPS) is 25.4. The van der Waals surface area contributed by atoms with Crippen molar-refractivity contribution >= 4 is 0 Å². The van der Waals surface area contributed by atoms with Crippen LogP contribution in [-0.2, 0) is 4.74 Å². The maximum Gasteiger partial charge on any atom is 0.128 e. The second-order valence-corrected chi connectivity index (χ2v) is 5.15. The first-order valence-corrected chi connectivity index (χ1v) is 6.39. The molecule has 0 aliphatic carbocycles. The van der Waals surface area contributed by atoms with E-state index in [1.54, 1.807) is 6.07 Å². The van der Waals surface area contributed by atoms with Crippen molar-refractivity contribution in [1.29, 1.82) is 0 Å². The van der Waals surface area contributed by atoms with Gasteiger partial charge in [-0.25, -0.2) is 4.39 Å². The smallest absolute Gasteiger partial charge is 0.128 e. The molecule has 4 heteroatoms. The number of hydrogen-bond acceptors (Lipinski definition) is 3. The van der Waals surface area contributed by atoms with E-state index in [1.165, 1.54) is 0 Å². The average molecular weight is 252 g/mol. The summed E-state index contributed by atoms with van der Waals surface area (Å²) >= 11 is 0. The first kappa shape index (κ1) is 13.5. The molecule has 100 valence electrons. The number of nitrogens with one attached hydrogen (secondary N) is 1. The topological polar surface area (TPSA) is 47.3 Å². The minimum Gasteiger partial charge on any atom is -0.378 e. The van der Waals surface area contributed by atoms with Crippen molar-refractivity contribution in [2.75, 3.05) is 6.61 Å². The molecule has 3 nitrogen and oxygen atoms in total. The molecule has 0 spiro atoms. The van der Waals surface area contributed by atoms with Gasteiger partial charge in [-0.05, 0) is 44.4 Å². The van der Waals surface area contributed by atoms with E-state index in [0.29, 0.717) is 5.56 Å². The van der Waals surface area contributed by atoms with Crippen molar-refractivity contribution in [3.05, 3.63) is 34.6 Å². The Labute approximate surface area is 107 Å². The molecule has 3 unspecified atom stereocenters. The van der Waals surface area contributed by atoms with Gasteiger partial charge in [-0.15, -0.1) is 0 Å². The summed E-state index contributed by atoms with van der Waals surface area (Å²) in [5.74, 6) is 5.68. The molecule has 1 aliphatic rings. The number of benzene rings is 1. The van der Waals surface area contributed by atoms with Crippen molar-refractivity contribution in [3.63, 3.8) is 0 Å². The fourth-order valence-corrected chi connectivity index (χ4v) is 2.93. The van der Waals surface area contributed by atoms with Gasteiger partial charge in [0.1, 0.15) is 5.82 Å². The molecule has 2 rings (SSSR count). The van der Waals surface area contributed by atoms with Gasteiger partial charge in [0, 0.05) is 18.1 Å². The highest BCUT2D eigenvalue weighted by molar-refractivity contribution is 5.35. The van der Waals surface area contributed by atoms with Crippen molar-refractivity contribution in [2.24, 2.45) is 11.8 Å². The number of ether oxygens (including phenoxy) is 1. The highest BCUT2D eigenvalue weighted by atomic mass is 19.1. The number of hydrogen-bond donors (Lipinski definition) is 2. The molecule has 0 radical (unpaired) electrons. The number of nitrogens with two attached hydrogens (primary N) is 1. The second-order valence-electron chi connectivity index (χ2n) is 5.15. The molecule has 1 aromatic rings. The van der Waals surface area contributed by atoms with Gasteiger partial charge in [0.05, 0.1) is 12.1 Å². The van der Waals surface area contributed by atoms with E-state index in [2.05, 4.69) is 5.43 Å². The third-order valence-corrected chi connectivity index (χ3v) is 3.83. The minimum absolute atomic E-state index is 0.103. The van der Waals surface area contributed by atoms with E-state index in [1.807, 2.05) is 26.8 Å². The van der Waals surface area contributed by atoms with Crippen molar-refractivity contribution < 1.29 is 9.13 Å².